The highest BCUT2D eigenvalue weighted by Gasteiger charge is 2.29. The molecule has 2 aliphatic heterocycles. The van der Waals surface area contributed by atoms with Crippen LogP contribution in [0, 0.1) is 0 Å². The van der Waals surface area contributed by atoms with Crippen LogP contribution in [0.5, 0.6) is 0 Å². The summed E-state index contributed by atoms with van der Waals surface area (Å²) in [7, 11) is 2.17. The van der Waals surface area contributed by atoms with E-state index < -0.39 is 5.79 Å². The molecule has 4 N–H and O–H groups in total. The Morgan fingerprint density at radius 1 is 1.03 bits per heavy atom. The number of hydrogen-bond donors (Lipinski definition) is 3. The Morgan fingerprint density at radius 2 is 1.81 bits per heavy atom. The molecule has 2 aromatic carbocycles. The standard InChI is InChI=1S/C24H27N7/c1-30-12-14-31(15-13-30)21-8-6-19(7-9-21)24(25)27-11-10-23(29-24)28-20-16-18-4-2-3-5-22(18)26-17-20/h2-11,16-17,28-29H,12-15,25H2,1H3. The fraction of sp³-hybridized carbons (Fsp3) is 0.250. The monoisotopic (exact) mass is 413 g/mol. The van der Waals surface area contributed by atoms with Gasteiger partial charge in [-0.1, -0.05) is 30.3 Å². The van der Waals surface area contributed by atoms with Crippen molar-refractivity contribution in [2.24, 2.45) is 10.7 Å². The van der Waals surface area contributed by atoms with Crippen molar-refractivity contribution in [3.05, 3.63) is 78.3 Å². The molecule has 5 rings (SSSR count). The third-order valence-electron chi connectivity index (χ3n) is 5.89. The highest BCUT2D eigenvalue weighted by molar-refractivity contribution is 5.82. The Kier molecular flexibility index (Phi) is 5.05. The largest absolute Gasteiger partial charge is 0.369 e. The van der Waals surface area contributed by atoms with Crippen LogP contribution >= 0.6 is 0 Å². The van der Waals surface area contributed by atoms with Gasteiger partial charge >= 0.3 is 0 Å². The Morgan fingerprint density at radius 3 is 2.61 bits per heavy atom. The number of anilines is 2. The number of nitrogens with zero attached hydrogens (tertiary/aromatic N) is 4. The maximum absolute atomic E-state index is 6.64. The Hall–Kier alpha value is -3.42. The number of fused-ring (bicyclic) bond motifs is 1. The van der Waals surface area contributed by atoms with Crippen LogP contribution in [0.1, 0.15) is 5.56 Å². The maximum Gasteiger partial charge on any atom is 0.210 e. The third-order valence-corrected chi connectivity index (χ3v) is 5.89. The number of aromatic nitrogens is 1. The summed E-state index contributed by atoms with van der Waals surface area (Å²) >= 11 is 0. The van der Waals surface area contributed by atoms with Gasteiger partial charge in [0.1, 0.15) is 5.82 Å². The van der Waals surface area contributed by atoms with Gasteiger partial charge in [-0.15, -0.1) is 0 Å². The van der Waals surface area contributed by atoms with Crippen molar-refractivity contribution in [1.82, 2.24) is 15.2 Å². The molecule has 0 radical (unpaired) electrons. The number of likely N-dealkylation sites (N-methyl/N-ethyl adjacent to an activating group) is 1. The molecule has 1 aromatic heterocycles. The second-order valence-electron chi connectivity index (χ2n) is 8.13. The van der Waals surface area contributed by atoms with Crippen LogP contribution in [0.2, 0.25) is 0 Å². The van der Waals surface area contributed by atoms with Crippen LogP contribution in [0.15, 0.2) is 77.7 Å². The van der Waals surface area contributed by atoms with Crippen molar-refractivity contribution in [3.63, 3.8) is 0 Å². The van der Waals surface area contributed by atoms with Crippen molar-refractivity contribution in [2.45, 2.75) is 5.79 Å². The molecule has 31 heavy (non-hydrogen) atoms. The predicted molar refractivity (Wildman–Crippen MR) is 127 cm³/mol. The molecular formula is C24H27N7. The lowest BCUT2D eigenvalue weighted by Gasteiger charge is -2.35. The van der Waals surface area contributed by atoms with Gasteiger partial charge in [0.2, 0.25) is 5.79 Å². The second kappa shape index (κ2) is 8.02. The second-order valence-corrected chi connectivity index (χ2v) is 8.13. The zero-order chi connectivity index (χ0) is 21.3. The van der Waals surface area contributed by atoms with E-state index >= 15 is 0 Å². The first-order valence-corrected chi connectivity index (χ1v) is 10.6. The first kappa shape index (κ1) is 19.5. The number of nitrogens with two attached hydrogens (primary N) is 1. The van der Waals surface area contributed by atoms with Crippen LogP contribution in [0.4, 0.5) is 11.4 Å². The van der Waals surface area contributed by atoms with Crippen molar-refractivity contribution < 1.29 is 0 Å². The first-order chi connectivity index (χ1) is 15.1. The number of piperazine rings is 1. The van der Waals surface area contributed by atoms with Gasteiger partial charge in [0.15, 0.2) is 0 Å². The van der Waals surface area contributed by atoms with Gasteiger partial charge in [-0.2, -0.15) is 0 Å². The van der Waals surface area contributed by atoms with Crippen LogP contribution in [-0.2, 0) is 5.79 Å². The van der Waals surface area contributed by atoms with Gasteiger partial charge in [0.05, 0.1) is 17.4 Å². The van der Waals surface area contributed by atoms with E-state index in [0.717, 1.165) is 54.2 Å². The minimum atomic E-state index is -1.03. The SMILES string of the molecule is CN1CCN(c2ccc(C3(N)N=CC=C(Nc4cnc5ccccc5c4)N3)cc2)CC1. The molecule has 3 heterocycles. The molecule has 1 unspecified atom stereocenters. The van der Waals surface area contributed by atoms with E-state index in [1.807, 2.05) is 36.5 Å². The van der Waals surface area contributed by atoms with E-state index in [0.29, 0.717) is 0 Å². The summed E-state index contributed by atoms with van der Waals surface area (Å²) in [6.45, 7) is 4.24. The quantitative estimate of drug-likeness (QED) is 0.610. The van der Waals surface area contributed by atoms with Gasteiger partial charge in [0, 0.05) is 49.0 Å². The normalized spacial score (nSPS) is 21.6. The molecule has 0 amide bonds. The Balaban J connectivity index is 1.30. The maximum atomic E-state index is 6.64. The van der Waals surface area contributed by atoms with Crippen molar-refractivity contribution in [3.8, 4) is 0 Å². The minimum absolute atomic E-state index is 0.776. The average Bonchev–Trinajstić information content (AvgIpc) is 2.80. The lowest BCUT2D eigenvalue weighted by molar-refractivity contribution is 0.313. The third kappa shape index (κ3) is 4.10. The van der Waals surface area contributed by atoms with E-state index in [2.05, 4.69) is 67.8 Å². The number of rotatable bonds is 4. The van der Waals surface area contributed by atoms with Crippen LogP contribution in [-0.4, -0.2) is 49.3 Å². The molecule has 1 fully saturated rings. The zero-order valence-corrected chi connectivity index (χ0v) is 17.6. The highest BCUT2D eigenvalue weighted by atomic mass is 15.3. The van der Waals surface area contributed by atoms with Gasteiger partial charge in [-0.25, -0.2) is 4.99 Å². The number of para-hydroxylation sites is 1. The van der Waals surface area contributed by atoms with Crippen LogP contribution in [0.3, 0.4) is 0 Å². The number of nitrogens with one attached hydrogen (secondary N) is 2. The predicted octanol–water partition coefficient (Wildman–Crippen LogP) is 2.68. The van der Waals surface area contributed by atoms with Gasteiger partial charge in [0.25, 0.3) is 0 Å². The molecule has 7 heteroatoms. The Bertz CT molecular complexity index is 1130. The number of benzene rings is 2. The smallest absolute Gasteiger partial charge is 0.210 e. The minimum Gasteiger partial charge on any atom is -0.369 e. The lowest BCUT2D eigenvalue weighted by Crippen LogP contribution is -2.51. The number of allylic oxidation sites excluding steroid dienone is 1. The zero-order valence-electron chi connectivity index (χ0n) is 17.6. The molecule has 2 aliphatic rings. The molecule has 3 aromatic rings. The van der Waals surface area contributed by atoms with Crippen molar-refractivity contribution in [1.29, 1.82) is 0 Å². The van der Waals surface area contributed by atoms with E-state index in [-0.39, 0.29) is 0 Å². The first-order valence-electron chi connectivity index (χ1n) is 10.6. The number of aliphatic imine (C=N–C) groups is 1. The average molecular weight is 414 g/mol. The summed E-state index contributed by atoms with van der Waals surface area (Å²) in [5.41, 5.74) is 10.6. The molecule has 158 valence electrons. The van der Waals surface area contributed by atoms with E-state index in [4.69, 9.17) is 5.73 Å². The fourth-order valence-corrected chi connectivity index (χ4v) is 4.01. The van der Waals surface area contributed by atoms with Crippen molar-refractivity contribution >= 4 is 28.5 Å². The van der Waals surface area contributed by atoms with Gasteiger partial charge in [-0.05, 0) is 37.4 Å². The molecule has 0 saturated carbocycles. The summed E-state index contributed by atoms with van der Waals surface area (Å²) < 4.78 is 0. The van der Waals surface area contributed by atoms with Gasteiger partial charge < -0.3 is 20.4 Å². The molecule has 0 bridgehead atoms. The van der Waals surface area contributed by atoms with Crippen LogP contribution < -0.4 is 21.3 Å². The Labute approximate surface area is 182 Å². The van der Waals surface area contributed by atoms with E-state index in [1.165, 1.54) is 5.69 Å². The number of pyridine rings is 1. The molecule has 1 saturated heterocycles. The molecule has 7 nitrogen and oxygen atoms in total. The molecule has 0 aliphatic carbocycles. The van der Waals surface area contributed by atoms with Crippen LogP contribution in [0.25, 0.3) is 10.9 Å². The van der Waals surface area contributed by atoms with Gasteiger partial charge in [-0.3, -0.25) is 10.7 Å². The topological polar surface area (TPSA) is 81.8 Å². The summed E-state index contributed by atoms with van der Waals surface area (Å²) in [5, 5.41) is 7.78. The molecular weight excluding hydrogens is 386 g/mol. The molecule has 0 spiro atoms. The van der Waals surface area contributed by atoms with E-state index in [9.17, 15) is 0 Å². The summed E-state index contributed by atoms with van der Waals surface area (Å²) in [6, 6.07) is 18.5. The summed E-state index contributed by atoms with van der Waals surface area (Å²) in [4.78, 5) is 13.8. The molecule has 1 atom stereocenters. The van der Waals surface area contributed by atoms with E-state index in [1.54, 1.807) is 6.21 Å². The summed E-state index contributed by atoms with van der Waals surface area (Å²) in [6.07, 6.45) is 5.43. The van der Waals surface area contributed by atoms with Crippen molar-refractivity contribution in [2.75, 3.05) is 43.4 Å². The summed E-state index contributed by atoms with van der Waals surface area (Å²) in [5.74, 6) is -0.250. The fourth-order valence-electron chi connectivity index (χ4n) is 4.01. The highest BCUT2D eigenvalue weighted by Crippen LogP contribution is 2.25. The lowest BCUT2D eigenvalue weighted by atomic mass is 10.1. The number of hydrogen-bond acceptors (Lipinski definition) is 7.